The number of likely N-dealkylation sites (N-methyl/N-ethyl adjacent to an activating group) is 1. The summed E-state index contributed by atoms with van der Waals surface area (Å²) in [5, 5.41) is 12.4. The molecule has 190 valence electrons. The second kappa shape index (κ2) is 12.0. The maximum absolute atomic E-state index is 13.6. The number of likely N-dealkylation sites (tertiary alicyclic amines) is 1. The Morgan fingerprint density at radius 2 is 1.73 bits per heavy atom. The van der Waals surface area contributed by atoms with Crippen molar-refractivity contribution in [1.29, 1.82) is 0 Å². The van der Waals surface area contributed by atoms with E-state index in [1.54, 1.807) is 18.0 Å². The van der Waals surface area contributed by atoms with Crippen LogP contribution in [0.4, 0.5) is 0 Å². The number of hydrogen-bond donors (Lipinski definition) is 2. The molecule has 2 amide bonds. The maximum atomic E-state index is 13.6. The van der Waals surface area contributed by atoms with Crippen LogP contribution in [0.15, 0.2) is 11.6 Å². The summed E-state index contributed by atoms with van der Waals surface area (Å²) < 4.78 is 0. The van der Waals surface area contributed by atoms with Crippen LogP contribution < -0.4 is 5.32 Å². The molecule has 1 fully saturated rings. The zero-order chi connectivity index (χ0) is 25.7. The summed E-state index contributed by atoms with van der Waals surface area (Å²) in [4.78, 5) is 42.3. The highest BCUT2D eigenvalue weighted by Gasteiger charge is 2.40. The second-order valence-corrected chi connectivity index (χ2v) is 11.3. The first-order valence-corrected chi connectivity index (χ1v) is 12.4. The van der Waals surface area contributed by atoms with Gasteiger partial charge in [-0.3, -0.25) is 14.5 Å². The Hall–Kier alpha value is -1.89. The van der Waals surface area contributed by atoms with Crippen molar-refractivity contribution in [2.75, 3.05) is 13.6 Å². The minimum atomic E-state index is -1.00. The summed E-state index contributed by atoms with van der Waals surface area (Å²) in [6, 6.07) is -1.10. The summed E-state index contributed by atoms with van der Waals surface area (Å²) in [5.41, 5.74) is -0.304. The van der Waals surface area contributed by atoms with Gasteiger partial charge in [-0.25, -0.2) is 4.79 Å². The minimum absolute atomic E-state index is 0.0188. The fourth-order valence-corrected chi connectivity index (χ4v) is 4.58. The van der Waals surface area contributed by atoms with Gasteiger partial charge in [0.2, 0.25) is 11.8 Å². The maximum Gasteiger partial charge on any atom is 0.331 e. The van der Waals surface area contributed by atoms with E-state index in [4.69, 9.17) is 0 Å². The lowest BCUT2D eigenvalue weighted by molar-refractivity contribution is -0.142. The van der Waals surface area contributed by atoms with Crippen LogP contribution in [0, 0.1) is 17.3 Å². The molecule has 0 spiro atoms. The fraction of sp³-hybridized carbons (Fsp3) is 0.808. The van der Waals surface area contributed by atoms with E-state index in [2.05, 4.69) is 31.0 Å². The average Bonchev–Trinajstić information content (AvgIpc) is 2.72. The van der Waals surface area contributed by atoms with E-state index in [-0.39, 0.29) is 41.4 Å². The van der Waals surface area contributed by atoms with Gasteiger partial charge in [0, 0.05) is 25.2 Å². The molecule has 1 aliphatic rings. The van der Waals surface area contributed by atoms with Crippen molar-refractivity contribution in [2.45, 2.75) is 106 Å². The molecule has 0 radical (unpaired) electrons. The molecule has 0 saturated carbocycles. The Balaban J connectivity index is 3.17. The van der Waals surface area contributed by atoms with E-state index in [0.29, 0.717) is 5.92 Å². The molecule has 7 heteroatoms. The highest BCUT2D eigenvalue weighted by molar-refractivity contribution is 5.91. The van der Waals surface area contributed by atoms with Crippen molar-refractivity contribution in [3.63, 3.8) is 0 Å². The van der Waals surface area contributed by atoms with Gasteiger partial charge in [0.15, 0.2) is 0 Å². The summed E-state index contributed by atoms with van der Waals surface area (Å²) >= 11 is 0. The quantitative estimate of drug-likeness (QED) is 0.504. The molecule has 1 saturated heterocycles. The molecular formula is C26H47N3O4. The normalized spacial score (nSPS) is 22.2. The van der Waals surface area contributed by atoms with Crippen LogP contribution in [0.2, 0.25) is 0 Å². The lowest BCUT2D eigenvalue weighted by Gasteiger charge is -2.43. The van der Waals surface area contributed by atoms with Crippen molar-refractivity contribution in [3.8, 4) is 0 Å². The summed E-state index contributed by atoms with van der Waals surface area (Å²) in [6.07, 6.45) is 4.53. The predicted molar refractivity (Wildman–Crippen MR) is 133 cm³/mol. The molecule has 1 unspecified atom stereocenters. The number of carboxylic acid groups (broad SMARTS) is 1. The van der Waals surface area contributed by atoms with Crippen LogP contribution in [0.1, 0.15) is 81.6 Å². The first-order chi connectivity index (χ1) is 15.1. The first kappa shape index (κ1) is 29.1. The SMILES string of the molecule is CC[C@H]1CCC(C(=O)N[C@H](C(=O)N(C)[C@H](C=C(C)C(=O)O)C(C)C)C(C)(C)C)N(C(C)C)C1. The number of carboxylic acids is 1. The number of nitrogens with one attached hydrogen (secondary N) is 1. The zero-order valence-corrected chi connectivity index (χ0v) is 22.4. The van der Waals surface area contributed by atoms with Gasteiger partial charge < -0.3 is 15.3 Å². The lowest BCUT2D eigenvalue weighted by Crippen LogP contribution is -2.61. The molecule has 0 aromatic rings. The molecule has 1 heterocycles. The number of rotatable bonds is 9. The Kier molecular flexibility index (Phi) is 10.6. The van der Waals surface area contributed by atoms with Crippen molar-refractivity contribution in [3.05, 3.63) is 11.6 Å². The molecule has 0 aliphatic carbocycles. The zero-order valence-electron chi connectivity index (χ0n) is 22.4. The third kappa shape index (κ3) is 7.83. The molecular weight excluding hydrogens is 418 g/mol. The number of aliphatic carboxylic acids is 1. The average molecular weight is 466 g/mol. The number of amides is 2. The molecule has 0 bridgehead atoms. The van der Waals surface area contributed by atoms with Crippen molar-refractivity contribution in [2.24, 2.45) is 17.3 Å². The monoisotopic (exact) mass is 465 g/mol. The van der Waals surface area contributed by atoms with Gasteiger partial charge in [-0.15, -0.1) is 0 Å². The molecule has 0 aromatic heterocycles. The van der Waals surface area contributed by atoms with Gasteiger partial charge in [-0.1, -0.05) is 54.0 Å². The third-order valence-electron chi connectivity index (χ3n) is 6.90. The van der Waals surface area contributed by atoms with Gasteiger partial charge in [0.05, 0.1) is 12.1 Å². The van der Waals surface area contributed by atoms with E-state index < -0.39 is 17.4 Å². The highest BCUT2D eigenvalue weighted by atomic mass is 16.4. The Morgan fingerprint density at radius 1 is 1.15 bits per heavy atom. The van der Waals surface area contributed by atoms with Gasteiger partial charge in [0.25, 0.3) is 0 Å². The molecule has 7 nitrogen and oxygen atoms in total. The molecule has 0 aromatic carbocycles. The minimum Gasteiger partial charge on any atom is -0.478 e. The first-order valence-electron chi connectivity index (χ1n) is 12.4. The molecule has 4 atom stereocenters. The van der Waals surface area contributed by atoms with E-state index in [1.807, 2.05) is 34.6 Å². The molecule has 33 heavy (non-hydrogen) atoms. The van der Waals surface area contributed by atoms with Crippen LogP contribution in [0.5, 0.6) is 0 Å². The van der Waals surface area contributed by atoms with Gasteiger partial charge in [-0.2, -0.15) is 0 Å². The van der Waals surface area contributed by atoms with Crippen LogP contribution in [0.25, 0.3) is 0 Å². The fourth-order valence-electron chi connectivity index (χ4n) is 4.58. The van der Waals surface area contributed by atoms with Gasteiger partial charge >= 0.3 is 5.97 Å². The number of nitrogens with zero attached hydrogens (tertiary/aromatic N) is 2. The predicted octanol–water partition coefficient (Wildman–Crippen LogP) is 3.93. The Labute approximate surface area is 201 Å². The number of hydrogen-bond acceptors (Lipinski definition) is 4. The smallest absolute Gasteiger partial charge is 0.331 e. The number of carbonyl (C=O) groups excluding carboxylic acids is 2. The number of piperidine rings is 1. The molecule has 1 aliphatic heterocycles. The topological polar surface area (TPSA) is 90.0 Å². The van der Waals surface area contributed by atoms with Crippen molar-refractivity contribution in [1.82, 2.24) is 15.1 Å². The Bertz CT molecular complexity index is 724. The van der Waals surface area contributed by atoms with Crippen molar-refractivity contribution < 1.29 is 19.5 Å². The summed E-state index contributed by atoms with van der Waals surface area (Å²) in [7, 11) is 1.69. The van der Waals surface area contributed by atoms with Crippen LogP contribution >= 0.6 is 0 Å². The lowest BCUT2D eigenvalue weighted by atomic mass is 9.84. The van der Waals surface area contributed by atoms with Crippen LogP contribution in [-0.2, 0) is 14.4 Å². The number of carbonyl (C=O) groups is 3. The Morgan fingerprint density at radius 3 is 2.15 bits per heavy atom. The summed E-state index contributed by atoms with van der Waals surface area (Å²) in [5.74, 6) is -0.691. The van der Waals surface area contributed by atoms with Crippen LogP contribution in [-0.4, -0.2) is 70.4 Å². The summed E-state index contributed by atoms with van der Waals surface area (Å²) in [6.45, 7) is 18.6. The van der Waals surface area contributed by atoms with Crippen LogP contribution in [0.3, 0.4) is 0 Å². The van der Waals surface area contributed by atoms with E-state index >= 15 is 0 Å². The van der Waals surface area contributed by atoms with Gasteiger partial charge in [-0.05, 0) is 50.9 Å². The van der Waals surface area contributed by atoms with Gasteiger partial charge in [0.1, 0.15) is 6.04 Å². The van der Waals surface area contributed by atoms with E-state index in [0.717, 1.165) is 25.8 Å². The second-order valence-electron chi connectivity index (χ2n) is 11.3. The third-order valence-corrected chi connectivity index (χ3v) is 6.90. The van der Waals surface area contributed by atoms with E-state index in [9.17, 15) is 19.5 Å². The van der Waals surface area contributed by atoms with Crippen molar-refractivity contribution >= 4 is 17.8 Å². The molecule has 1 rings (SSSR count). The molecule has 2 N–H and O–H groups in total. The van der Waals surface area contributed by atoms with E-state index in [1.165, 1.54) is 6.92 Å². The highest BCUT2D eigenvalue weighted by Crippen LogP contribution is 2.28. The largest absolute Gasteiger partial charge is 0.478 e. The standard InChI is InChI=1S/C26H47N3O4/c1-11-19-12-13-20(29(15-19)17(4)5)23(30)27-22(26(7,8)9)24(31)28(10)21(16(2)3)14-18(6)25(32)33/h14,16-17,19-22H,11-13,15H2,1-10H3,(H,27,30)(H,32,33)/t19-,20?,21+,22+/m0/s1.